The SMILES string of the molecule is C/C=C/C(=O)c1ccc(C(=O)OCC)s1. The van der Waals surface area contributed by atoms with E-state index in [0.29, 0.717) is 16.4 Å². The topological polar surface area (TPSA) is 43.4 Å². The molecule has 0 unspecified atom stereocenters. The number of carbonyl (C=O) groups excluding carboxylic acids is 2. The molecule has 0 aromatic carbocycles. The largest absolute Gasteiger partial charge is 0.462 e. The van der Waals surface area contributed by atoms with Gasteiger partial charge in [-0.3, -0.25) is 4.79 Å². The molecule has 0 aliphatic heterocycles. The zero-order valence-electron chi connectivity index (χ0n) is 8.65. The van der Waals surface area contributed by atoms with Crippen LogP contribution in [0.3, 0.4) is 0 Å². The second-order valence-corrected chi connectivity index (χ2v) is 3.83. The molecule has 0 atom stereocenters. The van der Waals surface area contributed by atoms with Crippen LogP contribution in [0.15, 0.2) is 24.3 Å². The molecule has 0 radical (unpaired) electrons. The molecule has 0 spiro atoms. The molecule has 15 heavy (non-hydrogen) atoms. The zero-order valence-corrected chi connectivity index (χ0v) is 9.47. The van der Waals surface area contributed by atoms with Crippen LogP contribution in [0.4, 0.5) is 0 Å². The fraction of sp³-hybridized carbons (Fsp3) is 0.273. The molecular weight excluding hydrogens is 212 g/mol. The van der Waals surface area contributed by atoms with Gasteiger partial charge in [-0.25, -0.2) is 4.79 Å². The molecule has 0 aliphatic carbocycles. The van der Waals surface area contributed by atoms with E-state index in [4.69, 9.17) is 4.74 Å². The Hall–Kier alpha value is -1.42. The fourth-order valence-corrected chi connectivity index (χ4v) is 1.84. The highest BCUT2D eigenvalue weighted by molar-refractivity contribution is 7.16. The maximum Gasteiger partial charge on any atom is 0.348 e. The summed E-state index contributed by atoms with van der Waals surface area (Å²) in [6.45, 7) is 3.87. The molecule has 1 rings (SSSR count). The molecule has 0 aliphatic rings. The maximum absolute atomic E-state index is 11.4. The van der Waals surface area contributed by atoms with Gasteiger partial charge in [-0.05, 0) is 32.1 Å². The van der Waals surface area contributed by atoms with E-state index in [-0.39, 0.29) is 11.8 Å². The predicted molar refractivity (Wildman–Crippen MR) is 59.4 cm³/mol. The molecule has 0 N–H and O–H groups in total. The molecule has 0 saturated carbocycles. The Morgan fingerprint density at radius 2 is 2.07 bits per heavy atom. The normalized spacial score (nSPS) is 10.5. The number of allylic oxidation sites excluding steroid dienone is 2. The Balaban J connectivity index is 2.80. The van der Waals surface area contributed by atoms with Gasteiger partial charge in [-0.15, -0.1) is 11.3 Å². The Kier molecular flexibility index (Phi) is 4.24. The van der Waals surface area contributed by atoms with Crippen molar-refractivity contribution in [3.8, 4) is 0 Å². The third kappa shape index (κ3) is 3.02. The Labute approximate surface area is 92.4 Å². The monoisotopic (exact) mass is 224 g/mol. The lowest BCUT2D eigenvalue weighted by Gasteiger charge is -1.96. The Morgan fingerprint density at radius 3 is 2.67 bits per heavy atom. The van der Waals surface area contributed by atoms with Crippen LogP contribution in [0.1, 0.15) is 33.2 Å². The van der Waals surface area contributed by atoms with Crippen molar-refractivity contribution in [3.63, 3.8) is 0 Å². The molecule has 1 aromatic rings. The van der Waals surface area contributed by atoms with E-state index in [1.54, 1.807) is 32.1 Å². The second kappa shape index (κ2) is 5.46. The summed E-state index contributed by atoms with van der Waals surface area (Å²) in [5, 5.41) is 0. The molecule has 80 valence electrons. The van der Waals surface area contributed by atoms with Crippen LogP contribution < -0.4 is 0 Å². The zero-order chi connectivity index (χ0) is 11.3. The van der Waals surface area contributed by atoms with E-state index in [1.165, 1.54) is 6.08 Å². The molecule has 4 heteroatoms. The van der Waals surface area contributed by atoms with Crippen molar-refractivity contribution in [1.82, 2.24) is 0 Å². The van der Waals surface area contributed by atoms with Crippen LogP contribution in [-0.4, -0.2) is 18.4 Å². The lowest BCUT2D eigenvalue weighted by molar-refractivity contribution is 0.0532. The number of carbonyl (C=O) groups is 2. The van der Waals surface area contributed by atoms with Crippen LogP contribution in [0.25, 0.3) is 0 Å². The van der Waals surface area contributed by atoms with E-state index in [0.717, 1.165) is 11.3 Å². The van der Waals surface area contributed by atoms with E-state index in [9.17, 15) is 9.59 Å². The third-order valence-electron chi connectivity index (χ3n) is 1.64. The summed E-state index contributed by atoms with van der Waals surface area (Å²) < 4.78 is 4.82. The standard InChI is InChI=1S/C11H12O3S/c1-3-5-8(12)9-6-7-10(15-9)11(13)14-4-2/h3,5-7H,4H2,1-2H3/b5-3+. The van der Waals surface area contributed by atoms with E-state index in [2.05, 4.69) is 0 Å². The van der Waals surface area contributed by atoms with Crippen LogP contribution in [0, 0.1) is 0 Å². The summed E-state index contributed by atoms with van der Waals surface area (Å²) in [5.74, 6) is -0.458. The van der Waals surface area contributed by atoms with Gasteiger partial charge < -0.3 is 4.74 Å². The predicted octanol–water partition coefficient (Wildman–Crippen LogP) is 2.68. The Morgan fingerprint density at radius 1 is 1.40 bits per heavy atom. The van der Waals surface area contributed by atoms with Crippen molar-refractivity contribution in [2.45, 2.75) is 13.8 Å². The van der Waals surface area contributed by atoms with Gasteiger partial charge in [0.2, 0.25) is 0 Å². The van der Waals surface area contributed by atoms with Crippen molar-refractivity contribution < 1.29 is 14.3 Å². The van der Waals surface area contributed by atoms with Gasteiger partial charge in [0.15, 0.2) is 5.78 Å². The number of hydrogen-bond acceptors (Lipinski definition) is 4. The van der Waals surface area contributed by atoms with Gasteiger partial charge in [-0.2, -0.15) is 0 Å². The number of rotatable bonds is 4. The number of ether oxygens (including phenoxy) is 1. The van der Waals surface area contributed by atoms with Gasteiger partial charge >= 0.3 is 5.97 Å². The van der Waals surface area contributed by atoms with Crippen LogP contribution >= 0.6 is 11.3 Å². The maximum atomic E-state index is 11.4. The van der Waals surface area contributed by atoms with E-state index in [1.807, 2.05) is 0 Å². The Bertz CT molecular complexity index is 390. The fourth-order valence-electron chi connectivity index (χ4n) is 1.02. The van der Waals surface area contributed by atoms with Crippen molar-refractivity contribution in [3.05, 3.63) is 34.0 Å². The van der Waals surface area contributed by atoms with E-state index >= 15 is 0 Å². The lowest BCUT2D eigenvalue weighted by atomic mass is 10.3. The first kappa shape index (κ1) is 11.7. The van der Waals surface area contributed by atoms with Crippen LogP contribution in [-0.2, 0) is 4.74 Å². The van der Waals surface area contributed by atoms with Gasteiger partial charge in [-0.1, -0.05) is 6.08 Å². The number of esters is 1. The van der Waals surface area contributed by atoms with Crippen molar-refractivity contribution in [2.24, 2.45) is 0 Å². The molecule has 0 bridgehead atoms. The molecule has 1 heterocycles. The first-order chi connectivity index (χ1) is 7.19. The summed E-state index contributed by atoms with van der Waals surface area (Å²) in [7, 11) is 0. The average Bonchev–Trinajstić information content (AvgIpc) is 2.67. The highest BCUT2D eigenvalue weighted by atomic mass is 32.1. The summed E-state index contributed by atoms with van der Waals surface area (Å²) in [5.41, 5.74) is 0. The minimum atomic E-state index is -0.373. The van der Waals surface area contributed by atoms with Crippen LogP contribution in [0.5, 0.6) is 0 Å². The minimum absolute atomic E-state index is 0.0851. The summed E-state index contributed by atoms with van der Waals surface area (Å²) in [6.07, 6.45) is 3.15. The van der Waals surface area contributed by atoms with Gasteiger partial charge in [0, 0.05) is 0 Å². The van der Waals surface area contributed by atoms with Crippen molar-refractivity contribution in [2.75, 3.05) is 6.61 Å². The van der Waals surface area contributed by atoms with Crippen molar-refractivity contribution in [1.29, 1.82) is 0 Å². The third-order valence-corrected chi connectivity index (χ3v) is 2.72. The summed E-state index contributed by atoms with van der Waals surface area (Å²) in [4.78, 5) is 23.7. The first-order valence-corrected chi connectivity index (χ1v) is 5.44. The highest BCUT2D eigenvalue weighted by Crippen LogP contribution is 2.18. The summed E-state index contributed by atoms with van der Waals surface area (Å²) >= 11 is 1.15. The number of thiophene rings is 1. The van der Waals surface area contributed by atoms with Crippen LogP contribution in [0.2, 0.25) is 0 Å². The van der Waals surface area contributed by atoms with Crippen molar-refractivity contribution >= 4 is 23.1 Å². The van der Waals surface area contributed by atoms with Gasteiger partial charge in [0.1, 0.15) is 4.88 Å². The molecule has 1 aromatic heterocycles. The number of ketones is 1. The molecule has 0 saturated heterocycles. The minimum Gasteiger partial charge on any atom is -0.462 e. The second-order valence-electron chi connectivity index (χ2n) is 2.75. The summed E-state index contributed by atoms with van der Waals surface area (Å²) in [6, 6.07) is 3.25. The lowest BCUT2D eigenvalue weighted by Crippen LogP contribution is -2.01. The van der Waals surface area contributed by atoms with Gasteiger partial charge in [0.25, 0.3) is 0 Å². The highest BCUT2D eigenvalue weighted by Gasteiger charge is 2.12. The molecule has 3 nitrogen and oxygen atoms in total. The first-order valence-electron chi connectivity index (χ1n) is 4.63. The molecule has 0 amide bonds. The number of hydrogen-bond donors (Lipinski definition) is 0. The molecule has 0 fully saturated rings. The quantitative estimate of drug-likeness (QED) is 0.448. The van der Waals surface area contributed by atoms with E-state index < -0.39 is 0 Å². The smallest absolute Gasteiger partial charge is 0.348 e. The molecular formula is C11H12O3S. The van der Waals surface area contributed by atoms with Gasteiger partial charge in [0.05, 0.1) is 11.5 Å². The average molecular weight is 224 g/mol.